The third-order valence-electron chi connectivity index (χ3n) is 8.16. The molecule has 13 nitrogen and oxygen atoms in total. The molecule has 3 aromatic carbocycles. The minimum Gasteiger partial charge on any atom is -0.497 e. The van der Waals surface area contributed by atoms with E-state index in [0.29, 0.717) is 11.5 Å². The number of guanidine groups is 1. The lowest BCUT2D eigenvalue weighted by atomic mass is 9.80. The maximum atomic E-state index is 12.7. The fourth-order valence-electron chi connectivity index (χ4n) is 5.78. The zero-order valence-corrected chi connectivity index (χ0v) is 26.4. The summed E-state index contributed by atoms with van der Waals surface area (Å²) in [6.45, 7) is -0.124. The van der Waals surface area contributed by atoms with Gasteiger partial charge in [-0.05, 0) is 41.0 Å². The van der Waals surface area contributed by atoms with Gasteiger partial charge in [0.1, 0.15) is 35.4 Å². The SMILES string of the molecule is COc1ccc(C(OCC2OC(N3C=NC4C(=O)N=C(N=CN(C)C)N=C43)C(O)C2O)(c2ccccc2)c2ccc(OC)cc2)cc1. The Morgan fingerprint density at radius 1 is 0.894 bits per heavy atom. The number of hydrogen-bond donors (Lipinski definition) is 2. The molecule has 3 heterocycles. The number of hydrogen-bond acceptors (Lipinski definition) is 11. The van der Waals surface area contributed by atoms with Crippen molar-refractivity contribution in [2.24, 2.45) is 20.0 Å². The Hall–Kier alpha value is -4.95. The van der Waals surface area contributed by atoms with Gasteiger partial charge in [-0.15, -0.1) is 0 Å². The third-order valence-corrected chi connectivity index (χ3v) is 8.16. The van der Waals surface area contributed by atoms with Crippen molar-refractivity contribution in [3.8, 4) is 11.5 Å². The van der Waals surface area contributed by atoms with Gasteiger partial charge in [0.2, 0.25) is 0 Å². The van der Waals surface area contributed by atoms with E-state index in [1.807, 2.05) is 78.9 Å². The molecular weight excluding hydrogens is 604 g/mol. The molecule has 0 aromatic heterocycles. The number of carbonyl (C=O) groups excluding carboxylic acids is 1. The molecule has 0 bridgehead atoms. The quantitative estimate of drug-likeness (QED) is 0.193. The number of aliphatic hydroxyl groups excluding tert-OH is 2. The average Bonchev–Trinajstić information content (AvgIpc) is 3.65. The molecule has 244 valence electrons. The van der Waals surface area contributed by atoms with Crippen molar-refractivity contribution in [3.05, 3.63) is 95.6 Å². The smallest absolute Gasteiger partial charge is 0.281 e. The topological polar surface area (TPSA) is 150 Å². The molecule has 3 aliphatic rings. The van der Waals surface area contributed by atoms with Crippen LogP contribution >= 0.6 is 0 Å². The van der Waals surface area contributed by atoms with E-state index in [0.717, 1.165) is 16.7 Å². The average molecular weight is 641 g/mol. The van der Waals surface area contributed by atoms with Gasteiger partial charge in [0.15, 0.2) is 18.1 Å². The number of nitrogens with zero attached hydrogens (tertiary/aromatic N) is 6. The highest BCUT2D eigenvalue weighted by Crippen LogP contribution is 2.42. The number of aliphatic hydroxyl groups is 2. The van der Waals surface area contributed by atoms with Gasteiger partial charge in [0.25, 0.3) is 11.9 Å². The molecule has 1 fully saturated rings. The van der Waals surface area contributed by atoms with Crippen LogP contribution in [0.5, 0.6) is 11.5 Å². The maximum Gasteiger partial charge on any atom is 0.281 e. The van der Waals surface area contributed by atoms with E-state index in [9.17, 15) is 15.0 Å². The molecule has 1 amide bonds. The lowest BCUT2D eigenvalue weighted by Crippen LogP contribution is -2.48. The van der Waals surface area contributed by atoms with Gasteiger partial charge in [-0.3, -0.25) is 14.7 Å². The molecule has 3 aliphatic heterocycles. The number of methoxy groups -OCH3 is 2. The van der Waals surface area contributed by atoms with Crippen molar-refractivity contribution in [2.45, 2.75) is 36.2 Å². The second-order valence-corrected chi connectivity index (χ2v) is 11.4. The van der Waals surface area contributed by atoms with Gasteiger partial charge in [0, 0.05) is 14.1 Å². The van der Waals surface area contributed by atoms with Crippen molar-refractivity contribution in [1.29, 1.82) is 0 Å². The standard InChI is InChI=1S/C34H36N6O7/c1-39(2)19-36-33-37-30-27(31(43)38-33)35-20-40(30)32-29(42)28(41)26(47-32)18-46-34(21-8-6-5-7-9-21,22-10-14-24(44-3)15-11-22)23-12-16-25(45-4)17-13-23/h5-17,19-20,26-29,32,41-42H,18H2,1-4H3. The van der Waals surface area contributed by atoms with Crippen molar-refractivity contribution in [3.63, 3.8) is 0 Å². The number of amides is 1. The number of carbonyl (C=O) groups is 1. The molecule has 13 heteroatoms. The fraction of sp³-hybridized carbons (Fsp3) is 0.324. The van der Waals surface area contributed by atoms with Crippen LogP contribution in [0, 0.1) is 0 Å². The van der Waals surface area contributed by atoms with Gasteiger partial charge < -0.3 is 34.1 Å². The highest BCUT2D eigenvalue weighted by Gasteiger charge is 2.51. The van der Waals surface area contributed by atoms with Crippen LogP contribution in [0.25, 0.3) is 0 Å². The predicted molar refractivity (Wildman–Crippen MR) is 175 cm³/mol. The number of amidine groups is 1. The first-order chi connectivity index (χ1) is 22.7. The van der Waals surface area contributed by atoms with Gasteiger partial charge in [0.05, 0.1) is 33.5 Å². The fourth-order valence-corrected chi connectivity index (χ4v) is 5.78. The Bertz CT molecular complexity index is 1640. The number of ether oxygens (including phenoxy) is 4. The molecule has 2 N–H and O–H groups in total. The summed E-state index contributed by atoms with van der Waals surface area (Å²) in [7, 11) is 6.76. The molecule has 0 saturated carbocycles. The highest BCUT2D eigenvalue weighted by atomic mass is 16.6. The number of aliphatic imine (C=N–C) groups is 4. The number of fused-ring (bicyclic) bond motifs is 1. The minimum atomic E-state index is -1.38. The summed E-state index contributed by atoms with van der Waals surface area (Å²) >= 11 is 0. The van der Waals surface area contributed by atoms with Crippen molar-refractivity contribution in [1.82, 2.24) is 9.80 Å². The van der Waals surface area contributed by atoms with Crippen molar-refractivity contribution >= 4 is 30.4 Å². The summed E-state index contributed by atoms with van der Waals surface area (Å²) in [4.78, 5) is 32.5. The summed E-state index contributed by atoms with van der Waals surface area (Å²) < 4.78 is 24.0. The van der Waals surface area contributed by atoms with Crippen LogP contribution < -0.4 is 9.47 Å². The second kappa shape index (κ2) is 13.4. The predicted octanol–water partition coefficient (Wildman–Crippen LogP) is 2.06. The van der Waals surface area contributed by atoms with Crippen LogP contribution in [0.1, 0.15) is 16.7 Å². The van der Waals surface area contributed by atoms with Gasteiger partial charge in [-0.2, -0.15) is 9.98 Å². The van der Waals surface area contributed by atoms with E-state index in [2.05, 4.69) is 20.0 Å². The zero-order valence-electron chi connectivity index (χ0n) is 26.4. The van der Waals surface area contributed by atoms with Crippen molar-refractivity contribution in [2.75, 3.05) is 34.9 Å². The summed E-state index contributed by atoms with van der Waals surface area (Å²) in [5.41, 5.74) is 1.26. The Balaban J connectivity index is 1.32. The van der Waals surface area contributed by atoms with Gasteiger partial charge in [-0.25, -0.2) is 4.99 Å². The normalized spacial score (nSPS) is 23.9. The maximum absolute atomic E-state index is 12.7. The van der Waals surface area contributed by atoms with Crippen LogP contribution in [0.3, 0.4) is 0 Å². The van der Waals surface area contributed by atoms with E-state index in [1.165, 1.54) is 17.6 Å². The van der Waals surface area contributed by atoms with E-state index in [1.54, 1.807) is 33.2 Å². The summed E-state index contributed by atoms with van der Waals surface area (Å²) in [5.74, 6) is 0.968. The van der Waals surface area contributed by atoms with E-state index < -0.39 is 42.1 Å². The molecule has 0 aliphatic carbocycles. The molecule has 6 rings (SSSR count). The minimum absolute atomic E-state index is 0.0509. The van der Waals surface area contributed by atoms with Gasteiger partial charge in [-0.1, -0.05) is 54.6 Å². The second-order valence-electron chi connectivity index (χ2n) is 11.4. The summed E-state index contributed by atoms with van der Waals surface area (Å²) in [6, 6.07) is 23.9. The molecule has 1 saturated heterocycles. The van der Waals surface area contributed by atoms with Crippen LogP contribution in [-0.2, 0) is 19.9 Å². The number of benzene rings is 3. The zero-order chi connectivity index (χ0) is 33.1. The van der Waals surface area contributed by atoms with Crippen molar-refractivity contribution < 1.29 is 34.0 Å². The lowest BCUT2D eigenvalue weighted by molar-refractivity contribution is -0.117. The summed E-state index contributed by atoms with van der Waals surface area (Å²) in [6.07, 6.45) is -1.97. The highest BCUT2D eigenvalue weighted by molar-refractivity contribution is 6.22. The van der Waals surface area contributed by atoms with Crippen LogP contribution in [0.4, 0.5) is 0 Å². The molecule has 0 radical (unpaired) electrons. The first-order valence-electron chi connectivity index (χ1n) is 15.0. The Labute approximate surface area is 272 Å². The van der Waals surface area contributed by atoms with Crippen LogP contribution in [0.2, 0.25) is 0 Å². The van der Waals surface area contributed by atoms with E-state index in [-0.39, 0.29) is 18.4 Å². The van der Waals surface area contributed by atoms with E-state index in [4.69, 9.17) is 18.9 Å². The van der Waals surface area contributed by atoms with Crippen LogP contribution in [-0.4, -0.2) is 116 Å². The number of rotatable bonds is 10. The first-order valence-corrected chi connectivity index (χ1v) is 15.0. The lowest BCUT2D eigenvalue weighted by Gasteiger charge is -2.37. The Kier molecular flexibility index (Phi) is 9.14. The molecule has 0 spiro atoms. The van der Waals surface area contributed by atoms with E-state index >= 15 is 0 Å². The molecule has 5 atom stereocenters. The third kappa shape index (κ3) is 6.13. The Morgan fingerprint density at radius 3 is 2.06 bits per heavy atom. The largest absolute Gasteiger partial charge is 0.497 e. The first kappa shape index (κ1) is 32.0. The molecule has 47 heavy (non-hydrogen) atoms. The van der Waals surface area contributed by atoms with Gasteiger partial charge >= 0.3 is 0 Å². The van der Waals surface area contributed by atoms with Crippen LogP contribution in [0.15, 0.2) is 98.8 Å². The molecule has 5 unspecified atom stereocenters. The summed E-state index contributed by atoms with van der Waals surface area (Å²) in [5, 5.41) is 22.5. The molecular formula is C34H36N6O7. The monoisotopic (exact) mass is 640 g/mol. The molecule has 3 aromatic rings. The Morgan fingerprint density at radius 2 is 1.49 bits per heavy atom.